The molecule has 0 amide bonds. The molecule has 0 spiro atoms. The maximum absolute atomic E-state index is 13.7. The van der Waals surface area contributed by atoms with Crippen molar-refractivity contribution >= 4 is 22.5 Å². The number of fused-ring (bicyclic) bond motifs is 1. The molecule has 1 aromatic heterocycles. The Kier molecular flexibility index (Phi) is 7.39. The summed E-state index contributed by atoms with van der Waals surface area (Å²) in [6, 6.07) is 23.5. The maximum atomic E-state index is 13.7. The lowest BCUT2D eigenvalue weighted by atomic mass is 9.95. The highest BCUT2D eigenvalue weighted by Crippen LogP contribution is 2.26. The normalized spacial score (nSPS) is 12.2. The molecule has 0 saturated heterocycles. The highest BCUT2D eigenvalue weighted by Gasteiger charge is 2.24. The van der Waals surface area contributed by atoms with E-state index in [4.69, 9.17) is 0 Å². The lowest BCUT2D eigenvalue weighted by Gasteiger charge is -2.18. The molecule has 0 radical (unpaired) electrons. The predicted octanol–water partition coefficient (Wildman–Crippen LogP) is 6.46. The van der Waals surface area contributed by atoms with Crippen LogP contribution in [0.2, 0.25) is 0 Å². The van der Waals surface area contributed by atoms with Gasteiger partial charge in [-0.3, -0.25) is 9.59 Å². The fourth-order valence-corrected chi connectivity index (χ4v) is 4.27. The first kappa shape index (κ1) is 23.7. The van der Waals surface area contributed by atoms with Crippen molar-refractivity contribution in [1.82, 2.24) is 10.3 Å². The van der Waals surface area contributed by atoms with E-state index in [2.05, 4.69) is 41.5 Å². The minimum Gasteiger partial charge on any atom is -0.360 e. The lowest BCUT2D eigenvalue weighted by Crippen LogP contribution is -2.30. The van der Waals surface area contributed by atoms with Crippen LogP contribution in [0.3, 0.4) is 0 Å². The van der Waals surface area contributed by atoms with Gasteiger partial charge in [-0.2, -0.15) is 0 Å². The molecule has 4 nitrogen and oxygen atoms in total. The first-order valence-electron chi connectivity index (χ1n) is 11.9. The Balaban J connectivity index is 1.57. The van der Waals surface area contributed by atoms with E-state index in [1.54, 1.807) is 6.20 Å². The first-order chi connectivity index (χ1) is 16.4. The molecule has 1 heterocycles. The molecule has 174 valence electrons. The van der Waals surface area contributed by atoms with Gasteiger partial charge in [-0.25, -0.2) is 0 Å². The van der Waals surface area contributed by atoms with Gasteiger partial charge in [-0.1, -0.05) is 86.1 Å². The van der Waals surface area contributed by atoms with Crippen molar-refractivity contribution in [1.29, 1.82) is 0 Å². The molecule has 0 aliphatic rings. The third-order valence-corrected chi connectivity index (χ3v) is 6.14. The number of aryl methyl sites for hydroxylation is 1. The number of hydrogen-bond donors (Lipinski definition) is 2. The van der Waals surface area contributed by atoms with Crippen molar-refractivity contribution in [3.8, 4) is 0 Å². The third kappa shape index (κ3) is 5.52. The largest absolute Gasteiger partial charge is 0.360 e. The Hall–Kier alpha value is -3.50. The standard InChI is InChI=1S/C30H32N2O2/c1-20(2)17-28(33)24-13-14-25-26(19-32-27(25)18-24)30(34)29(23-7-5-4-6-8-23)31-16-15-22-11-9-21(3)10-12-22/h4-14,18-20,29,31-32H,15-17H2,1-3H3/t29-/m0/s1. The van der Waals surface area contributed by atoms with Gasteiger partial charge in [0, 0.05) is 41.2 Å². The van der Waals surface area contributed by atoms with Crippen LogP contribution in [0, 0.1) is 12.8 Å². The average Bonchev–Trinajstić information content (AvgIpc) is 3.26. The summed E-state index contributed by atoms with van der Waals surface area (Å²) < 4.78 is 0. The zero-order valence-electron chi connectivity index (χ0n) is 20.1. The van der Waals surface area contributed by atoms with Crippen molar-refractivity contribution in [2.24, 2.45) is 5.92 Å². The van der Waals surface area contributed by atoms with Gasteiger partial charge in [0.2, 0.25) is 0 Å². The van der Waals surface area contributed by atoms with Gasteiger partial charge in [0.25, 0.3) is 0 Å². The smallest absolute Gasteiger partial charge is 0.186 e. The van der Waals surface area contributed by atoms with Crippen molar-refractivity contribution < 1.29 is 9.59 Å². The van der Waals surface area contributed by atoms with Crippen molar-refractivity contribution in [2.75, 3.05) is 6.54 Å². The van der Waals surface area contributed by atoms with E-state index in [-0.39, 0.29) is 11.6 Å². The summed E-state index contributed by atoms with van der Waals surface area (Å²) in [5.41, 5.74) is 5.54. The SMILES string of the molecule is Cc1ccc(CCN[C@H](C(=O)c2c[nH]c3cc(C(=O)CC(C)C)ccc23)c2ccccc2)cc1. The van der Waals surface area contributed by atoms with Gasteiger partial charge in [0.1, 0.15) is 0 Å². The lowest BCUT2D eigenvalue weighted by molar-refractivity contribution is 0.0942. The third-order valence-electron chi connectivity index (χ3n) is 6.14. The van der Waals surface area contributed by atoms with Crippen LogP contribution in [-0.2, 0) is 6.42 Å². The molecule has 2 N–H and O–H groups in total. The summed E-state index contributed by atoms with van der Waals surface area (Å²) in [5.74, 6) is 0.448. The summed E-state index contributed by atoms with van der Waals surface area (Å²) in [5, 5.41) is 4.33. The summed E-state index contributed by atoms with van der Waals surface area (Å²) in [6.45, 7) is 6.84. The minimum atomic E-state index is -0.451. The van der Waals surface area contributed by atoms with E-state index in [1.807, 2.05) is 62.4 Å². The number of nitrogens with one attached hydrogen (secondary N) is 2. The number of aromatic amines is 1. The van der Waals surface area contributed by atoms with Crippen LogP contribution >= 0.6 is 0 Å². The Morgan fingerprint density at radius 1 is 0.941 bits per heavy atom. The Morgan fingerprint density at radius 2 is 1.68 bits per heavy atom. The second-order valence-corrected chi connectivity index (χ2v) is 9.38. The van der Waals surface area contributed by atoms with Crippen LogP contribution in [0.4, 0.5) is 0 Å². The van der Waals surface area contributed by atoms with Gasteiger partial charge in [-0.15, -0.1) is 0 Å². The first-order valence-corrected chi connectivity index (χ1v) is 11.9. The number of carbonyl (C=O) groups is 2. The van der Waals surface area contributed by atoms with Crippen molar-refractivity contribution in [3.63, 3.8) is 0 Å². The van der Waals surface area contributed by atoms with Crippen LogP contribution in [0.1, 0.15) is 63.7 Å². The van der Waals surface area contributed by atoms with Crippen LogP contribution in [0.25, 0.3) is 10.9 Å². The number of benzene rings is 3. The van der Waals surface area contributed by atoms with E-state index >= 15 is 0 Å². The number of ketones is 2. The summed E-state index contributed by atoms with van der Waals surface area (Å²) in [4.78, 5) is 29.4. The second-order valence-electron chi connectivity index (χ2n) is 9.38. The monoisotopic (exact) mass is 452 g/mol. The molecule has 4 aromatic rings. The number of H-pyrrole nitrogens is 1. The van der Waals surface area contributed by atoms with Crippen molar-refractivity contribution in [3.05, 3.63) is 107 Å². The molecule has 0 aliphatic heterocycles. The molecule has 0 fully saturated rings. The predicted molar refractivity (Wildman–Crippen MR) is 138 cm³/mol. The van der Waals surface area contributed by atoms with Gasteiger partial charge >= 0.3 is 0 Å². The quantitative estimate of drug-likeness (QED) is 0.271. The molecule has 1 atom stereocenters. The molecule has 4 heteroatoms. The average molecular weight is 453 g/mol. The van der Waals surface area contributed by atoms with E-state index in [0.29, 0.717) is 30.0 Å². The highest BCUT2D eigenvalue weighted by molar-refractivity contribution is 6.11. The Bertz CT molecular complexity index is 1270. The highest BCUT2D eigenvalue weighted by atomic mass is 16.1. The van der Waals surface area contributed by atoms with Crippen LogP contribution in [0.5, 0.6) is 0 Å². The topological polar surface area (TPSA) is 62.0 Å². The molecule has 3 aromatic carbocycles. The number of rotatable bonds is 10. The van der Waals surface area contributed by atoms with Crippen LogP contribution in [-0.4, -0.2) is 23.1 Å². The number of carbonyl (C=O) groups excluding carboxylic acids is 2. The zero-order chi connectivity index (χ0) is 24.1. The molecule has 0 saturated carbocycles. The summed E-state index contributed by atoms with van der Waals surface area (Å²) in [6.07, 6.45) is 3.12. The molecule has 0 unspecified atom stereocenters. The summed E-state index contributed by atoms with van der Waals surface area (Å²) in [7, 11) is 0. The molecular formula is C30H32N2O2. The van der Waals surface area contributed by atoms with E-state index in [1.165, 1.54) is 11.1 Å². The zero-order valence-corrected chi connectivity index (χ0v) is 20.1. The van der Waals surface area contributed by atoms with Gasteiger partial charge in [-0.05, 0) is 36.5 Å². The second kappa shape index (κ2) is 10.6. The molecular weight excluding hydrogens is 420 g/mol. The molecule has 0 bridgehead atoms. The fourth-order valence-electron chi connectivity index (χ4n) is 4.27. The van der Waals surface area contributed by atoms with Crippen molar-refractivity contribution in [2.45, 2.75) is 39.7 Å². The van der Waals surface area contributed by atoms with Gasteiger partial charge < -0.3 is 10.3 Å². The number of Topliss-reactive ketones (excluding diaryl/α,β-unsaturated/α-hetero) is 2. The van der Waals surface area contributed by atoms with E-state index in [0.717, 1.165) is 22.9 Å². The fraction of sp³-hybridized carbons (Fsp3) is 0.267. The molecule has 0 aliphatic carbocycles. The van der Waals surface area contributed by atoms with Gasteiger partial charge in [0.05, 0.1) is 6.04 Å². The number of hydrogen-bond acceptors (Lipinski definition) is 3. The Labute approximate surface area is 201 Å². The summed E-state index contributed by atoms with van der Waals surface area (Å²) >= 11 is 0. The van der Waals surface area contributed by atoms with E-state index in [9.17, 15) is 9.59 Å². The Morgan fingerprint density at radius 3 is 2.38 bits per heavy atom. The molecule has 4 rings (SSSR count). The minimum absolute atomic E-state index is 0.0163. The van der Waals surface area contributed by atoms with Crippen LogP contribution < -0.4 is 5.32 Å². The van der Waals surface area contributed by atoms with E-state index < -0.39 is 6.04 Å². The number of aromatic nitrogens is 1. The van der Waals surface area contributed by atoms with Gasteiger partial charge in [0.15, 0.2) is 11.6 Å². The van der Waals surface area contributed by atoms with Crippen LogP contribution in [0.15, 0.2) is 79.0 Å². The molecule has 34 heavy (non-hydrogen) atoms. The maximum Gasteiger partial charge on any atom is 0.186 e.